The van der Waals surface area contributed by atoms with Crippen LogP contribution in [0.25, 0.3) is 0 Å². The molecule has 2 N–H and O–H groups in total. The molecule has 104 valence electrons. The SMILES string of the molecule is COC(=O)CNNC(=O)c1cnccc1C(F)(F)F. The van der Waals surface area contributed by atoms with Crippen LogP contribution in [0, 0.1) is 0 Å². The minimum Gasteiger partial charge on any atom is -0.468 e. The fraction of sp³-hybridized carbons (Fsp3) is 0.300. The van der Waals surface area contributed by atoms with Crippen LogP contribution >= 0.6 is 0 Å². The molecule has 0 saturated heterocycles. The molecule has 0 radical (unpaired) electrons. The van der Waals surface area contributed by atoms with E-state index in [1.807, 2.05) is 5.43 Å². The van der Waals surface area contributed by atoms with Crippen molar-refractivity contribution >= 4 is 11.9 Å². The van der Waals surface area contributed by atoms with Gasteiger partial charge in [-0.3, -0.25) is 20.0 Å². The molecule has 1 aromatic rings. The summed E-state index contributed by atoms with van der Waals surface area (Å²) in [6, 6.07) is 0.690. The van der Waals surface area contributed by atoms with Crippen LogP contribution in [0.1, 0.15) is 15.9 Å². The average Bonchev–Trinajstić information content (AvgIpc) is 2.37. The van der Waals surface area contributed by atoms with Gasteiger partial charge >= 0.3 is 12.1 Å². The fourth-order valence-corrected chi connectivity index (χ4v) is 1.16. The number of carbonyl (C=O) groups is 2. The van der Waals surface area contributed by atoms with Gasteiger partial charge in [-0.15, -0.1) is 0 Å². The summed E-state index contributed by atoms with van der Waals surface area (Å²) in [5.74, 6) is -1.73. The predicted molar refractivity (Wildman–Crippen MR) is 56.7 cm³/mol. The van der Waals surface area contributed by atoms with E-state index >= 15 is 0 Å². The van der Waals surface area contributed by atoms with Crippen LogP contribution < -0.4 is 10.9 Å². The first-order valence-electron chi connectivity index (χ1n) is 4.97. The minimum atomic E-state index is -4.67. The van der Waals surface area contributed by atoms with Crippen molar-refractivity contribution in [1.29, 1.82) is 0 Å². The van der Waals surface area contributed by atoms with Gasteiger partial charge in [0.05, 0.1) is 18.2 Å². The molecular formula is C10H10F3N3O3. The number of methoxy groups -OCH3 is 1. The van der Waals surface area contributed by atoms with Gasteiger partial charge in [-0.25, -0.2) is 5.43 Å². The molecule has 0 atom stereocenters. The molecule has 0 aromatic carbocycles. The number of alkyl halides is 3. The monoisotopic (exact) mass is 277 g/mol. The van der Waals surface area contributed by atoms with Crippen molar-refractivity contribution in [2.75, 3.05) is 13.7 Å². The summed E-state index contributed by atoms with van der Waals surface area (Å²) in [5.41, 5.74) is 2.33. The highest BCUT2D eigenvalue weighted by molar-refractivity contribution is 5.95. The van der Waals surface area contributed by atoms with Gasteiger partial charge in [-0.1, -0.05) is 0 Å². The summed E-state index contributed by atoms with van der Waals surface area (Å²) < 4.78 is 42.1. The molecule has 0 unspecified atom stereocenters. The first-order valence-corrected chi connectivity index (χ1v) is 4.97. The van der Waals surface area contributed by atoms with Crippen LogP contribution in [0.3, 0.4) is 0 Å². The molecule has 6 nitrogen and oxygen atoms in total. The van der Waals surface area contributed by atoms with E-state index in [0.717, 1.165) is 19.5 Å². The van der Waals surface area contributed by atoms with Gasteiger partial charge in [0.15, 0.2) is 0 Å². The maximum atomic E-state index is 12.6. The number of amides is 1. The number of rotatable bonds is 4. The lowest BCUT2D eigenvalue weighted by molar-refractivity contribution is -0.140. The van der Waals surface area contributed by atoms with Gasteiger partial charge in [0.1, 0.15) is 6.54 Å². The Morgan fingerprint density at radius 3 is 2.68 bits per heavy atom. The van der Waals surface area contributed by atoms with E-state index in [-0.39, 0.29) is 6.54 Å². The van der Waals surface area contributed by atoms with E-state index < -0.39 is 29.2 Å². The number of pyridine rings is 1. The highest BCUT2D eigenvalue weighted by Crippen LogP contribution is 2.31. The number of carbonyl (C=O) groups excluding carboxylic acids is 2. The number of esters is 1. The molecule has 0 aliphatic rings. The Morgan fingerprint density at radius 2 is 2.11 bits per heavy atom. The standard InChI is InChI=1S/C10H10F3N3O3/c1-19-8(17)5-15-16-9(18)6-4-14-3-2-7(6)10(11,12)13/h2-4,15H,5H2,1H3,(H,16,18). The molecule has 0 bridgehead atoms. The van der Waals surface area contributed by atoms with Crippen LogP contribution in [0.15, 0.2) is 18.5 Å². The Morgan fingerprint density at radius 1 is 1.42 bits per heavy atom. The lowest BCUT2D eigenvalue weighted by Gasteiger charge is -2.12. The Labute approximate surface area is 105 Å². The molecule has 1 heterocycles. The van der Waals surface area contributed by atoms with Crippen molar-refractivity contribution in [2.24, 2.45) is 0 Å². The van der Waals surface area contributed by atoms with E-state index in [1.54, 1.807) is 0 Å². The third kappa shape index (κ3) is 4.21. The number of nitrogens with one attached hydrogen (secondary N) is 2. The van der Waals surface area contributed by atoms with Crippen LogP contribution in [0.2, 0.25) is 0 Å². The van der Waals surface area contributed by atoms with Gasteiger partial charge in [0.25, 0.3) is 5.91 Å². The number of hydrogen-bond acceptors (Lipinski definition) is 5. The minimum absolute atomic E-state index is 0.371. The van der Waals surface area contributed by atoms with Gasteiger partial charge in [-0.05, 0) is 6.07 Å². The summed E-state index contributed by atoms with van der Waals surface area (Å²) in [7, 11) is 1.13. The average molecular weight is 277 g/mol. The van der Waals surface area contributed by atoms with Crippen molar-refractivity contribution in [3.8, 4) is 0 Å². The molecule has 0 aliphatic carbocycles. The van der Waals surface area contributed by atoms with E-state index in [9.17, 15) is 22.8 Å². The Bertz CT molecular complexity index is 477. The molecule has 1 rings (SSSR count). The predicted octanol–water partition coefficient (Wildman–Crippen LogP) is 0.508. The van der Waals surface area contributed by atoms with Gasteiger partial charge < -0.3 is 4.74 Å². The topological polar surface area (TPSA) is 80.3 Å². The molecule has 9 heteroatoms. The number of hydrogen-bond donors (Lipinski definition) is 2. The number of hydrazine groups is 1. The summed E-state index contributed by atoms with van der Waals surface area (Å²) in [6.45, 7) is -0.371. The van der Waals surface area contributed by atoms with Gasteiger partial charge in [0.2, 0.25) is 0 Å². The van der Waals surface area contributed by atoms with Crippen molar-refractivity contribution in [1.82, 2.24) is 15.8 Å². The molecule has 1 amide bonds. The zero-order valence-electron chi connectivity index (χ0n) is 9.75. The third-order valence-electron chi connectivity index (χ3n) is 2.03. The smallest absolute Gasteiger partial charge is 0.417 e. The molecule has 0 saturated carbocycles. The van der Waals surface area contributed by atoms with Crippen molar-refractivity contribution in [3.05, 3.63) is 29.6 Å². The summed E-state index contributed by atoms with van der Waals surface area (Å²) in [4.78, 5) is 25.7. The highest BCUT2D eigenvalue weighted by atomic mass is 19.4. The Balaban J connectivity index is 2.75. The molecule has 0 spiro atoms. The summed E-state index contributed by atoms with van der Waals surface area (Å²) >= 11 is 0. The zero-order chi connectivity index (χ0) is 14.5. The Hall–Kier alpha value is -2.16. The normalized spacial score (nSPS) is 10.9. The number of nitrogens with zero attached hydrogens (tertiary/aromatic N) is 1. The second-order valence-corrected chi connectivity index (χ2v) is 3.30. The summed E-state index contributed by atoms with van der Waals surface area (Å²) in [5, 5.41) is 0. The molecular weight excluding hydrogens is 267 g/mol. The van der Waals surface area contributed by atoms with E-state index in [2.05, 4.69) is 15.1 Å². The van der Waals surface area contributed by atoms with Crippen LogP contribution in [0.4, 0.5) is 13.2 Å². The zero-order valence-corrected chi connectivity index (χ0v) is 9.75. The first-order chi connectivity index (χ1) is 8.86. The maximum Gasteiger partial charge on any atom is 0.417 e. The second kappa shape index (κ2) is 6.14. The van der Waals surface area contributed by atoms with E-state index in [1.165, 1.54) is 0 Å². The van der Waals surface area contributed by atoms with Crippen molar-refractivity contribution in [2.45, 2.75) is 6.18 Å². The van der Waals surface area contributed by atoms with E-state index in [0.29, 0.717) is 6.07 Å². The third-order valence-corrected chi connectivity index (χ3v) is 2.03. The van der Waals surface area contributed by atoms with Crippen molar-refractivity contribution < 1.29 is 27.5 Å². The largest absolute Gasteiger partial charge is 0.468 e. The van der Waals surface area contributed by atoms with Crippen molar-refractivity contribution in [3.63, 3.8) is 0 Å². The molecule has 0 aliphatic heterocycles. The molecule has 0 fully saturated rings. The van der Waals surface area contributed by atoms with Crippen LogP contribution in [-0.4, -0.2) is 30.5 Å². The van der Waals surface area contributed by atoms with E-state index in [4.69, 9.17) is 0 Å². The summed E-state index contributed by atoms with van der Waals surface area (Å²) in [6.07, 6.45) is -2.95. The lowest BCUT2D eigenvalue weighted by atomic mass is 10.1. The fourth-order valence-electron chi connectivity index (χ4n) is 1.16. The lowest BCUT2D eigenvalue weighted by Crippen LogP contribution is -2.41. The molecule has 1 aromatic heterocycles. The number of aromatic nitrogens is 1. The van der Waals surface area contributed by atoms with Crippen LogP contribution in [-0.2, 0) is 15.7 Å². The quantitative estimate of drug-likeness (QED) is 0.619. The Kier molecular flexibility index (Phi) is 4.81. The number of halogens is 3. The maximum absolute atomic E-state index is 12.6. The van der Waals surface area contributed by atoms with Gasteiger partial charge in [-0.2, -0.15) is 13.2 Å². The molecule has 19 heavy (non-hydrogen) atoms. The van der Waals surface area contributed by atoms with Crippen LogP contribution in [0.5, 0.6) is 0 Å². The number of ether oxygens (including phenoxy) is 1. The van der Waals surface area contributed by atoms with Gasteiger partial charge in [0, 0.05) is 12.4 Å². The highest BCUT2D eigenvalue weighted by Gasteiger charge is 2.35. The second-order valence-electron chi connectivity index (χ2n) is 3.30. The first kappa shape index (κ1) is 14.9.